The molecule has 0 radical (unpaired) electrons. The Morgan fingerprint density at radius 1 is 1.40 bits per heavy atom. The van der Waals surface area contributed by atoms with Gasteiger partial charge in [-0.1, -0.05) is 23.7 Å². The third kappa shape index (κ3) is 5.54. The molecule has 0 saturated heterocycles. The number of rotatable bonds is 6. The molecule has 2 aromatic carbocycles. The molecule has 0 aliphatic rings. The Balaban J connectivity index is 1.90. The topological polar surface area (TPSA) is 93.8 Å². The van der Waals surface area contributed by atoms with E-state index in [1.54, 1.807) is 12.1 Å². The van der Waals surface area contributed by atoms with E-state index in [4.69, 9.17) is 16.3 Å². The van der Waals surface area contributed by atoms with Gasteiger partial charge in [0.1, 0.15) is 10.8 Å². The van der Waals surface area contributed by atoms with Crippen molar-refractivity contribution >= 4 is 45.3 Å². The van der Waals surface area contributed by atoms with E-state index < -0.39 is 10.8 Å². The standard InChI is InChI=1S/C16H13BrClN3O4/c1-10-2-5-15(12(17)6-10)25-9-16(22)20-19-8-11-3-4-13(18)14(7-11)21(23)24/h2-8H,9H2,1H3,(H,20,22). The first-order chi connectivity index (χ1) is 11.9. The number of carbonyl (C=O) groups is 1. The van der Waals surface area contributed by atoms with Gasteiger partial charge >= 0.3 is 0 Å². The van der Waals surface area contributed by atoms with Gasteiger partial charge < -0.3 is 4.74 Å². The van der Waals surface area contributed by atoms with Gasteiger partial charge in [0.15, 0.2) is 6.61 Å². The Bertz CT molecular complexity index is 842. The van der Waals surface area contributed by atoms with Crippen LogP contribution in [0, 0.1) is 17.0 Å². The van der Waals surface area contributed by atoms with Crippen LogP contribution in [-0.2, 0) is 4.79 Å². The van der Waals surface area contributed by atoms with Crippen LogP contribution in [0.25, 0.3) is 0 Å². The molecule has 0 aromatic heterocycles. The Kier molecular flexibility index (Phi) is 6.49. The van der Waals surface area contributed by atoms with Crippen LogP contribution >= 0.6 is 27.5 Å². The molecule has 0 unspecified atom stereocenters. The average molecular weight is 427 g/mol. The van der Waals surface area contributed by atoms with Crippen LogP contribution in [-0.4, -0.2) is 23.7 Å². The molecule has 0 fully saturated rings. The summed E-state index contributed by atoms with van der Waals surface area (Å²) in [4.78, 5) is 21.9. The lowest BCUT2D eigenvalue weighted by Crippen LogP contribution is -2.24. The summed E-state index contributed by atoms with van der Waals surface area (Å²) in [5.41, 5.74) is 3.54. The van der Waals surface area contributed by atoms with Crippen LogP contribution in [0.2, 0.25) is 5.02 Å². The number of nitro groups is 1. The maximum absolute atomic E-state index is 11.7. The summed E-state index contributed by atoms with van der Waals surface area (Å²) in [5.74, 6) is 0.0743. The lowest BCUT2D eigenvalue weighted by atomic mass is 10.2. The molecule has 9 heteroatoms. The van der Waals surface area contributed by atoms with Crippen molar-refractivity contribution < 1.29 is 14.5 Å². The van der Waals surface area contributed by atoms with Gasteiger partial charge in [0, 0.05) is 11.6 Å². The highest BCUT2D eigenvalue weighted by Crippen LogP contribution is 2.26. The van der Waals surface area contributed by atoms with Gasteiger partial charge in [-0.3, -0.25) is 14.9 Å². The molecule has 0 aliphatic heterocycles. The summed E-state index contributed by atoms with van der Waals surface area (Å²) in [7, 11) is 0. The van der Waals surface area contributed by atoms with E-state index in [0.29, 0.717) is 11.3 Å². The number of amides is 1. The second kappa shape index (κ2) is 8.59. The highest BCUT2D eigenvalue weighted by atomic mass is 79.9. The van der Waals surface area contributed by atoms with Gasteiger partial charge in [-0.15, -0.1) is 0 Å². The molecular weight excluding hydrogens is 414 g/mol. The van der Waals surface area contributed by atoms with Crippen molar-refractivity contribution in [3.63, 3.8) is 0 Å². The fraction of sp³-hybridized carbons (Fsp3) is 0.125. The monoisotopic (exact) mass is 425 g/mol. The summed E-state index contributed by atoms with van der Waals surface area (Å²) in [6.45, 7) is 1.72. The SMILES string of the molecule is Cc1ccc(OCC(=O)NN=Cc2ccc(Cl)c([N+](=O)[O-])c2)c(Br)c1. The van der Waals surface area contributed by atoms with Crippen molar-refractivity contribution in [2.24, 2.45) is 5.10 Å². The van der Waals surface area contributed by atoms with Crippen molar-refractivity contribution in [2.45, 2.75) is 6.92 Å². The third-order valence-corrected chi connectivity index (χ3v) is 3.96. The van der Waals surface area contributed by atoms with Crippen molar-refractivity contribution in [3.05, 3.63) is 67.1 Å². The van der Waals surface area contributed by atoms with Crippen molar-refractivity contribution in [1.82, 2.24) is 5.43 Å². The number of halogens is 2. The van der Waals surface area contributed by atoms with E-state index in [1.165, 1.54) is 18.3 Å². The van der Waals surface area contributed by atoms with Gasteiger partial charge in [-0.05, 0) is 46.6 Å². The number of nitrogens with one attached hydrogen (secondary N) is 1. The van der Waals surface area contributed by atoms with Crippen LogP contribution in [0.3, 0.4) is 0 Å². The van der Waals surface area contributed by atoms with Crippen molar-refractivity contribution in [2.75, 3.05) is 6.61 Å². The number of benzene rings is 2. The van der Waals surface area contributed by atoms with E-state index >= 15 is 0 Å². The van der Waals surface area contributed by atoms with Crippen LogP contribution in [0.4, 0.5) is 5.69 Å². The Morgan fingerprint density at radius 2 is 2.16 bits per heavy atom. The average Bonchev–Trinajstić information content (AvgIpc) is 2.55. The molecule has 0 saturated carbocycles. The molecule has 0 atom stereocenters. The van der Waals surface area contributed by atoms with E-state index in [1.807, 2.05) is 19.1 Å². The maximum atomic E-state index is 11.7. The van der Waals surface area contributed by atoms with E-state index in [2.05, 4.69) is 26.5 Å². The summed E-state index contributed by atoms with van der Waals surface area (Å²) >= 11 is 9.07. The molecule has 0 heterocycles. The van der Waals surface area contributed by atoms with Gasteiger partial charge in [-0.25, -0.2) is 5.43 Å². The smallest absolute Gasteiger partial charge is 0.288 e. The first-order valence-corrected chi connectivity index (χ1v) is 8.18. The molecule has 25 heavy (non-hydrogen) atoms. The number of aryl methyl sites for hydroxylation is 1. The lowest BCUT2D eigenvalue weighted by Gasteiger charge is -2.07. The number of hydrogen-bond donors (Lipinski definition) is 1. The van der Waals surface area contributed by atoms with E-state index in [0.717, 1.165) is 10.0 Å². The summed E-state index contributed by atoms with van der Waals surface area (Å²) in [5, 5.41) is 14.6. The number of carbonyl (C=O) groups excluding carboxylic acids is 1. The summed E-state index contributed by atoms with van der Waals surface area (Å²) in [6.07, 6.45) is 1.28. The number of hydrazone groups is 1. The van der Waals surface area contributed by atoms with Crippen LogP contribution < -0.4 is 10.2 Å². The molecule has 0 bridgehead atoms. The summed E-state index contributed by atoms with van der Waals surface area (Å²) in [6, 6.07) is 9.69. The maximum Gasteiger partial charge on any atom is 0.288 e. The molecule has 2 aromatic rings. The Labute approximate surface area is 156 Å². The number of nitro benzene ring substituents is 1. The molecule has 1 N–H and O–H groups in total. The number of hydrogen-bond acceptors (Lipinski definition) is 5. The van der Waals surface area contributed by atoms with Gasteiger partial charge in [0.25, 0.3) is 11.6 Å². The van der Waals surface area contributed by atoms with Crippen LogP contribution in [0.15, 0.2) is 46.0 Å². The molecule has 1 amide bonds. The zero-order valence-electron chi connectivity index (χ0n) is 13.0. The number of nitrogens with zero attached hydrogens (tertiary/aromatic N) is 2. The highest BCUT2D eigenvalue weighted by molar-refractivity contribution is 9.10. The zero-order valence-corrected chi connectivity index (χ0v) is 15.4. The van der Waals surface area contributed by atoms with Crippen LogP contribution in [0.5, 0.6) is 5.75 Å². The molecule has 0 aliphatic carbocycles. The van der Waals surface area contributed by atoms with Crippen molar-refractivity contribution in [1.29, 1.82) is 0 Å². The quantitative estimate of drug-likeness (QED) is 0.431. The third-order valence-electron chi connectivity index (χ3n) is 3.02. The first-order valence-electron chi connectivity index (χ1n) is 7.01. The minimum absolute atomic E-state index is 0.0308. The van der Waals surface area contributed by atoms with Crippen molar-refractivity contribution in [3.8, 4) is 5.75 Å². The van der Waals surface area contributed by atoms with E-state index in [-0.39, 0.29) is 17.3 Å². The largest absolute Gasteiger partial charge is 0.483 e. The zero-order chi connectivity index (χ0) is 18.4. The van der Waals surface area contributed by atoms with Gasteiger partial charge in [0.2, 0.25) is 0 Å². The van der Waals surface area contributed by atoms with Gasteiger partial charge in [0.05, 0.1) is 15.6 Å². The molecule has 0 spiro atoms. The van der Waals surface area contributed by atoms with Crippen LogP contribution in [0.1, 0.15) is 11.1 Å². The fourth-order valence-corrected chi connectivity index (χ4v) is 2.62. The Morgan fingerprint density at radius 3 is 2.84 bits per heavy atom. The highest BCUT2D eigenvalue weighted by Gasteiger charge is 2.12. The Hall–Kier alpha value is -2.45. The van der Waals surface area contributed by atoms with E-state index in [9.17, 15) is 14.9 Å². The predicted molar refractivity (Wildman–Crippen MR) is 98.2 cm³/mol. The molecule has 7 nitrogen and oxygen atoms in total. The molecular formula is C16H13BrClN3O4. The number of ether oxygens (including phenoxy) is 1. The van der Waals surface area contributed by atoms with Gasteiger partial charge in [-0.2, -0.15) is 5.10 Å². The minimum atomic E-state index is -0.592. The second-order valence-electron chi connectivity index (χ2n) is 4.98. The summed E-state index contributed by atoms with van der Waals surface area (Å²) < 4.78 is 6.13. The lowest BCUT2D eigenvalue weighted by molar-refractivity contribution is -0.384. The first kappa shape index (κ1) is 18.9. The second-order valence-corrected chi connectivity index (χ2v) is 6.25. The fourth-order valence-electron chi connectivity index (χ4n) is 1.83. The normalized spacial score (nSPS) is 10.7. The molecule has 130 valence electrons. The molecule has 2 rings (SSSR count). The predicted octanol–water partition coefficient (Wildman–Crippen LogP) is 3.85. The minimum Gasteiger partial charge on any atom is -0.483 e.